The van der Waals surface area contributed by atoms with Crippen molar-refractivity contribution < 1.29 is 15.0 Å². The van der Waals surface area contributed by atoms with Crippen LogP contribution in [0.1, 0.15) is 71.1 Å². The van der Waals surface area contributed by atoms with Gasteiger partial charge in [-0.05, 0) is 50.4 Å². The second-order valence-corrected chi connectivity index (χ2v) is 7.88. The van der Waals surface area contributed by atoms with Gasteiger partial charge in [0.25, 0.3) is 0 Å². The topological polar surface area (TPSA) is 83.5 Å². The van der Waals surface area contributed by atoms with Crippen molar-refractivity contribution in [3.05, 3.63) is 23.8 Å². The second kappa shape index (κ2) is 10.1. The van der Waals surface area contributed by atoms with Gasteiger partial charge in [-0.2, -0.15) is 0 Å². The molecular weight excluding hydrogens is 314 g/mol. The third-order valence-electron chi connectivity index (χ3n) is 5.83. The smallest absolute Gasteiger partial charge is 0.217 e. The van der Waals surface area contributed by atoms with Gasteiger partial charge >= 0.3 is 0 Å². The van der Waals surface area contributed by atoms with Crippen molar-refractivity contribution in [2.24, 2.45) is 23.5 Å². The molecule has 0 aromatic heterocycles. The number of nitrogens with two attached hydrogens (primary N) is 1. The number of aliphatic hydroxyl groups excluding tert-OH is 2. The fourth-order valence-electron chi connectivity index (χ4n) is 4.48. The zero-order chi connectivity index (χ0) is 18.2. The zero-order valence-corrected chi connectivity index (χ0v) is 15.6. The van der Waals surface area contributed by atoms with Crippen LogP contribution in [0.2, 0.25) is 0 Å². The summed E-state index contributed by atoms with van der Waals surface area (Å²) >= 11 is 0. The number of carbonyl (C=O) groups excluding carboxylic acids is 1. The predicted molar refractivity (Wildman–Crippen MR) is 101 cm³/mol. The first kappa shape index (κ1) is 20.2. The lowest BCUT2D eigenvalue weighted by atomic mass is 9.90. The molecule has 4 nitrogen and oxygen atoms in total. The number of hydrogen-bond donors (Lipinski definition) is 3. The number of allylic oxidation sites excluding steroid dienone is 2. The van der Waals surface area contributed by atoms with E-state index in [1.54, 1.807) is 0 Å². The highest BCUT2D eigenvalue weighted by Gasteiger charge is 2.44. The standard InChI is InChI=1S/C21H35NO3/c1-2-3-4-8-17(23)10-11-18-19-13-15(7-5-6-9-21(22)25)12-16(19)14-20(18)24/h7,10-11,16-20,23-24H,2-6,8-9,12-14H2,1H3,(H2,22,25)/t16-,17-,18+,19-,20+/m0/s1. The number of amides is 1. The van der Waals surface area contributed by atoms with Crippen LogP contribution >= 0.6 is 0 Å². The van der Waals surface area contributed by atoms with Crippen LogP contribution in [0.25, 0.3) is 0 Å². The molecule has 1 amide bonds. The molecule has 2 saturated carbocycles. The molecule has 0 aromatic carbocycles. The predicted octanol–water partition coefficient (Wildman–Crippen LogP) is 3.47. The van der Waals surface area contributed by atoms with Crippen molar-refractivity contribution in [3.63, 3.8) is 0 Å². The normalized spacial score (nSPS) is 31.7. The molecule has 2 fully saturated rings. The maximum Gasteiger partial charge on any atom is 0.217 e. The first-order valence-corrected chi connectivity index (χ1v) is 10.0. The molecule has 142 valence electrons. The molecule has 2 aliphatic rings. The summed E-state index contributed by atoms with van der Waals surface area (Å²) in [4.78, 5) is 10.8. The van der Waals surface area contributed by atoms with Gasteiger partial charge in [0.1, 0.15) is 0 Å². The molecule has 5 atom stereocenters. The summed E-state index contributed by atoms with van der Waals surface area (Å²) in [6.07, 6.45) is 14.9. The molecule has 25 heavy (non-hydrogen) atoms. The van der Waals surface area contributed by atoms with E-state index in [0.29, 0.717) is 18.3 Å². The minimum absolute atomic E-state index is 0.169. The molecule has 4 N–H and O–H groups in total. The van der Waals surface area contributed by atoms with E-state index in [-0.39, 0.29) is 24.0 Å². The maximum absolute atomic E-state index is 10.8. The molecular formula is C21H35NO3. The molecule has 0 saturated heterocycles. The minimum atomic E-state index is -0.386. The Hall–Kier alpha value is -1.13. The summed E-state index contributed by atoms with van der Waals surface area (Å²) in [5.41, 5.74) is 6.64. The number of rotatable bonds is 10. The van der Waals surface area contributed by atoms with Gasteiger partial charge in [-0.25, -0.2) is 0 Å². The number of carbonyl (C=O) groups is 1. The number of aliphatic hydroxyl groups is 2. The summed E-state index contributed by atoms with van der Waals surface area (Å²) in [7, 11) is 0. The molecule has 2 aliphatic carbocycles. The summed E-state index contributed by atoms with van der Waals surface area (Å²) in [5, 5.41) is 20.5. The van der Waals surface area contributed by atoms with Gasteiger partial charge in [0.2, 0.25) is 5.91 Å². The number of hydrogen-bond acceptors (Lipinski definition) is 3. The van der Waals surface area contributed by atoms with Gasteiger partial charge < -0.3 is 15.9 Å². The Morgan fingerprint density at radius 2 is 2.12 bits per heavy atom. The van der Waals surface area contributed by atoms with Crippen molar-refractivity contribution in [2.75, 3.05) is 0 Å². The van der Waals surface area contributed by atoms with Crippen molar-refractivity contribution in [2.45, 2.75) is 83.3 Å². The van der Waals surface area contributed by atoms with Crippen LogP contribution in [0, 0.1) is 17.8 Å². The van der Waals surface area contributed by atoms with Crippen LogP contribution in [0.5, 0.6) is 0 Å². The Bertz CT molecular complexity index is 486. The summed E-state index contributed by atoms with van der Waals surface area (Å²) in [6.45, 7) is 2.16. The fourth-order valence-corrected chi connectivity index (χ4v) is 4.48. The average Bonchev–Trinajstić information content (AvgIpc) is 3.06. The molecule has 0 bridgehead atoms. The Morgan fingerprint density at radius 3 is 2.84 bits per heavy atom. The van der Waals surface area contributed by atoms with E-state index in [1.807, 2.05) is 6.08 Å². The van der Waals surface area contributed by atoms with Gasteiger partial charge in [-0.15, -0.1) is 0 Å². The van der Waals surface area contributed by atoms with E-state index in [1.165, 1.54) is 5.57 Å². The van der Waals surface area contributed by atoms with Crippen LogP contribution in [-0.2, 0) is 4.79 Å². The van der Waals surface area contributed by atoms with E-state index in [9.17, 15) is 15.0 Å². The lowest BCUT2D eigenvalue weighted by Gasteiger charge is -2.17. The van der Waals surface area contributed by atoms with Gasteiger partial charge in [0.05, 0.1) is 12.2 Å². The molecule has 0 heterocycles. The van der Waals surface area contributed by atoms with E-state index < -0.39 is 0 Å². The number of fused-ring (bicyclic) bond motifs is 1. The van der Waals surface area contributed by atoms with Gasteiger partial charge in [-0.3, -0.25) is 4.79 Å². The van der Waals surface area contributed by atoms with Crippen LogP contribution < -0.4 is 5.73 Å². The lowest BCUT2D eigenvalue weighted by molar-refractivity contribution is -0.118. The van der Waals surface area contributed by atoms with Crippen LogP contribution in [0.15, 0.2) is 23.8 Å². The summed E-state index contributed by atoms with van der Waals surface area (Å²) < 4.78 is 0. The molecule has 4 heteroatoms. The monoisotopic (exact) mass is 349 g/mol. The fraction of sp³-hybridized carbons (Fsp3) is 0.762. The van der Waals surface area contributed by atoms with E-state index in [0.717, 1.165) is 57.8 Å². The van der Waals surface area contributed by atoms with Crippen LogP contribution in [0.4, 0.5) is 0 Å². The molecule has 0 unspecified atom stereocenters. The van der Waals surface area contributed by atoms with Crippen molar-refractivity contribution in [1.29, 1.82) is 0 Å². The van der Waals surface area contributed by atoms with Gasteiger partial charge in [-0.1, -0.05) is 50.0 Å². The third kappa shape index (κ3) is 6.27. The Labute approximate surface area is 152 Å². The number of primary amides is 1. The minimum Gasteiger partial charge on any atom is -0.392 e. The molecule has 0 radical (unpaired) electrons. The average molecular weight is 350 g/mol. The highest BCUT2D eigenvalue weighted by Crippen LogP contribution is 2.50. The quantitative estimate of drug-likeness (QED) is 0.417. The van der Waals surface area contributed by atoms with E-state index >= 15 is 0 Å². The Kier molecular flexibility index (Phi) is 8.17. The summed E-state index contributed by atoms with van der Waals surface area (Å²) in [6, 6.07) is 0. The van der Waals surface area contributed by atoms with Crippen molar-refractivity contribution in [3.8, 4) is 0 Å². The number of unbranched alkanes of at least 4 members (excludes halogenated alkanes) is 3. The SMILES string of the molecule is CCCCC[C@H](O)C=C[C@@H]1[C@H]2CC(=CCCCC(N)=O)C[C@H]2C[C@H]1O. The first-order chi connectivity index (χ1) is 12.0. The largest absolute Gasteiger partial charge is 0.392 e. The van der Waals surface area contributed by atoms with E-state index in [4.69, 9.17) is 5.73 Å². The molecule has 2 rings (SSSR count). The molecule has 0 aliphatic heterocycles. The zero-order valence-electron chi connectivity index (χ0n) is 15.6. The van der Waals surface area contributed by atoms with Crippen molar-refractivity contribution >= 4 is 5.91 Å². The maximum atomic E-state index is 10.8. The van der Waals surface area contributed by atoms with Crippen LogP contribution in [-0.4, -0.2) is 28.3 Å². The molecule has 0 aromatic rings. The highest BCUT2D eigenvalue weighted by atomic mass is 16.3. The Balaban J connectivity index is 1.83. The third-order valence-corrected chi connectivity index (χ3v) is 5.83. The van der Waals surface area contributed by atoms with Crippen molar-refractivity contribution in [1.82, 2.24) is 0 Å². The summed E-state index contributed by atoms with van der Waals surface area (Å²) in [5.74, 6) is 0.996. The van der Waals surface area contributed by atoms with Crippen LogP contribution in [0.3, 0.4) is 0 Å². The molecule has 0 spiro atoms. The van der Waals surface area contributed by atoms with Gasteiger partial charge in [0, 0.05) is 12.3 Å². The second-order valence-electron chi connectivity index (χ2n) is 7.88. The van der Waals surface area contributed by atoms with E-state index in [2.05, 4.69) is 19.1 Å². The lowest BCUT2D eigenvalue weighted by Crippen LogP contribution is -2.17. The van der Waals surface area contributed by atoms with Gasteiger partial charge in [0.15, 0.2) is 0 Å². The Morgan fingerprint density at radius 1 is 1.32 bits per heavy atom. The highest BCUT2D eigenvalue weighted by molar-refractivity contribution is 5.73. The first-order valence-electron chi connectivity index (χ1n) is 10.0.